The van der Waals surface area contributed by atoms with E-state index in [2.05, 4.69) is 15.4 Å². The van der Waals surface area contributed by atoms with Gasteiger partial charge in [-0.3, -0.25) is 5.01 Å². The van der Waals surface area contributed by atoms with Crippen molar-refractivity contribution in [2.45, 2.75) is 0 Å². The maximum atomic E-state index is 5.77. The number of aromatic nitrogens is 3. The van der Waals surface area contributed by atoms with Gasteiger partial charge in [-0.25, -0.2) is 5.84 Å². The maximum absolute atomic E-state index is 5.77. The largest absolute Gasteiger partial charge is 0.260 e. The summed E-state index contributed by atoms with van der Waals surface area (Å²) in [5.41, 5.74) is 0.872. The minimum absolute atomic E-state index is 0. The smallest absolute Gasteiger partial charge is 0.189 e. The highest BCUT2D eigenvalue weighted by Crippen LogP contribution is 2.16. The van der Waals surface area contributed by atoms with E-state index in [0.717, 1.165) is 5.69 Å². The van der Waals surface area contributed by atoms with Crippen LogP contribution in [0.2, 0.25) is 0 Å². The number of hydrogen-bond donors (Lipinski definition) is 2. The Morgan fingerprint density at radius 2 is 1.93 bits per heavy atom. The number of nitrogens with zero attached hydrogens (tertiary/aromatic N) is 3. The summed E-state index contributed by atoms with van der Waals surface area (Å²) in [5, 5.41) is 11.5. The van der Waals surface area contributed by atoms with Crippen LogP contribution in [0, 0.1) is 0 Å². The van der Waals surface area contributed by atoms with Gasteiger partial charge in [0, 0.05) is 0 Å². The van der Waals surface area contributed by atoms with E-state index in [1.54, 1.807) is 6.20 Å². The van der Waals surface area contributed by atoms with E-state index >= 15 is 0 Å². The monoisotopic (exact) mass is 211 g/mol. The van der Waals surface area contributed by atoms with Crippen LogP contribution in [0.25, 0.3) is 0 Å². The Hall–Kier alpha value is -1.59. The van der Waals surface area contributed by atoms with Crippen molar-refractivity contribution in [3.63, 3.8) is 0 Å². The van der Waals surface area contributed by atoms with Crippen molar-refractivity contribution in [2.75, 3.05) is 5.01 Å². The molecule has 2 aromatic rings. The van der Waals surface area contributed by atoms with Gasteiger partial charge in [-0.05, 0) is 12.1 Å². The molecule has 0 spiro atoms. The van der Waals surface area contributed by atoms with Crippen molar-refractivity contribution in [2.24, 2.45) is 5.84 Å². The molecule has 0 radical (unpaired) electrons. The molecule has 1 aromatic heterocycles. The molecule has 0 saturated carbocycles. The SMILES string of the molecule is Cl.NN(c1ccccc1)c1cn[nH]n1. The molecule has 0 atom stereocenters. The van der Waals surface area contributed by atoms with Crippen LogP contribution in [0.15, 0.2) is 36.5 Å². The first-order chi connectivity index (χ1) is 6.38. The minimum Gasteiger partial charge on any atom is -0.260 e. The van der Waals surface area contributed by atoms with Crippen LogP contribution in [-0.4, -0.2) is 15.4 Å². The van der Waals surface area contributed by atoms with Crippen LogP contribution in [-0.2, 0) is 0 Å². The molecule has 1 heterocycles. The lowest BCUT2D eigenvalue weighted by atomic mass is 10.3. The van der Waals surface area contributed by atoms with E-state index in [-0.39, 0.29) is 12.4 Å². The Balaban J connectivity index is 0.000000980. The zero-order valence-electron chi connectivity index (χ0n) is 7.29. The fraction of sp³-hybridized carbons (Fsp3) is 0. The summed E-state index contributed by atoms with van der Waals surface area (Å²) < 4.78 is 0. The fourth-order valence-electron chi connectivity index (χ4n) is 1.03. The summed E-state index contributed by atoms with van der Waals surface area (Å²) in [4.78, 5) is 0. The summed E-state index contributed by atoms with van der Waals surface area (Å²) in [6, 6.07) is 9.55. The molecular formula is C8H10ClN5. The number of anilines is 2. The van der Waals surface area contributed by atoms with Crippen molar-refractivity contribution < 1.29 is 0 Å². The number of aromatic amines is 1. The number of H-pyrrole nitrogens is 1. The molecule has 74 valence electrons. The summed E-state index contributed by atoms with van der Waals surface area (Å²) >= 11 is 0. The first-order valence-electron chi connectivity index (χ1n) is 3.83. The molecule has 2 rings (SSSR count). The van der Waals surface area contributed by atoms with Crippen molar-refractivity contribution in [3.05, 3.63) is 36.5 Å². The Kier molecular flexibility index (Phi) is 3.44. The van der Waals surface area contributed by atoms with Crippen molar-refractivity contribution >= 4 is 23.9 Å². The lowest BCUT2D eigenvalue weighted by Crippen LogP contribution is -2.25. The zero-order valence-corrected chi connectivity index (χ0v) is 8.11. The Morgan fingerprint density at radius 1 is 1.21 bits per heavy atom. The average Bonchev–Trinajstić information content (AvgIpc) is 2.71. The van der Waals surface area contributed by atoms with Crippen molar-refractivity contribution in [1.29, 1.82) is 0 Å². The molecule has 3 N–H and O–H groups in total. The van der Waals surface area contributed by atoms with E-state index in [4.69, 9.17) is 5.84 Å². The number of nitrogens with two attached hydrogens (primary N) is 1. The number of rotatable bonds is 2. The van der Waals surface area contributed by atoms with Gasteiger partial charge in [-0.1, -0.05) is 18.2 Å². The summed E-state index contributed by atoms with van der Waals surface area (Å²) in [7, 11) is 0. The van der Waals surface area contributed by atoms with E-state index < -0.39 is 0 Å². The van der Waals surface area contributed by atoms with Crippen LogP contribution >= 0.6 is 12.4 Å². The molecular weight excluding hydrogens is 202 g/mol. The second kappa shape index (κ2) is 4.59. The Morgan fingerprint density at radius 3 is 2.50 bits per heavy atom. The number of hydrazine groups is 1. The first kappa shape index (κ1) is 10.5. The standard InChI is InChI=1S/C8H9N5.ClH/c9-13(8-6-10-12-11-8)7-4-2-1-3-5-7;/h1-6H,9H2,(H,10,11,12);1H. The molecule has 0 saturated heterocycles. The molecule has 0 aliphatic carbocycles. The number of halogens is 1. The number of nitrogens with one attached hydrogen (secondary N) is 1. The Labute approximate surface area is 87.3 Å². The predicted molar refractivity (Wildman–Crippen MR) is 56.4 cm³/mol. The lowest BCUT2D eigenvalue weighted by Gasteiger charge is -2.13. The molecule has 0 aliphatic heterocycles. The molecule has 0 amide bonds. The zero-order chi connectivity index (χ0) is 9.10. The third-order valence-electron chi connectivity index (χ3n) is 1.68. The van der Waals surface area contributed by atoms with Crippen molar-refractivity contribution in [3.8, 4) is 0 Å². The van der Waals surface area contributed by atoms with Gasteiger partial charge in [0.05, 0.1) is 11.9 Å². The van der Waals surface area contributed by atoms with Gasteiger partial charge in [0.15, 0.2) is 5.82 Å². The van der Waals surface area contributed by atoms with E-state index in [1.807, 2.05) is 30.3 Å². The topological polar surface area (TPSA) is 70.8 Å². The summed E-state index contributed by atoms with van der Waals surface area (Å²) in [6.45, 7) is 0. The molecule has 0 unspecified atom stereocenters. The van der Waals surface area contributed by atoms with Crippen molar-refractivity contribution in [1.82, 2.24) is 15.4 Å². The third-order valence-corrected chi connectivity index (χ3v) is 1.68. The van der Waals surface area contributed by atoms with Gasteiger partial charge in [0.25, 0.3) is 0 Å². The molecule has 0 aliphatic rings. The molecule has 0 fully saturated rings. The van der Waals surface area contributed by atoms with Gasteiger partial charge in [-0.2, -0.15) is 10.3 Å². The quantitative estimate of drug-likeness (QED) is 0.579. The summed E-state index contributed by atoms with van der Waals surface area (Å²) in [6.07, 6.45) is 1.56. The van der Waals surface area contributed by atoms with Crippen LogP contribution in [0.4, 0.5) is 11.5 Å². The predicted octanol–water partition coefficient (Wildman–Crippen LogP) is 1.24. The average molecular weight is 212 g/mol. The highest BCUT2D eigenvalue weighted by Gasteiger charge is 2.05. The first-order valence-corrected chi connectivity index (χ1v) is 3.83. The fourth-order valence-corrected chi connectivity index (χ4v) is 1.03. The Bertz CT molecular complexity index is 360. The molecule has 5 nitrogen and oxygen atoms in total. The minimum atomic E-state index is 0. The van der Waals surface area contributed by atoms with E-state index in [1.165, 1.54) is 5.01 Å². The van der Waals surface area contributed by atoms with Gasteiger partial charge >= 0.3 is 0 Å². The second-order valence-corrected chi connectivity index (χ2v) is 2.53. The lowest BCUT2D eigenvalue weighted by molar-refractivity contribution is 0.923. The van der Waals surface area contributed by atoms with E-state index in [9.17, 15) is 0 Å². The molecule has 1 aromatic carbocycles. The van der Waals surface area contributed by atoms with Gasteiger partial charge in [0.1, 0.15) is 0 Å². The highest BCUT2D eigenvalue weighted by atomic mass is 35.5. The van der Waals surface area contributed by atoms with Gasteiger partial charge < -0.3 is 0 Å². The van der Waals surface area contributed by atoms with Crippen LogP contribution < -0.4 is 10.9 Å². The van der Waals surface area contributed by atoms with Crippen LogP contribution in [0.5, 0.6) is 0 Å². The number of para-hydroxylation sites is 1. The normalized spacial score (nSPS) is 9.21. The summed E-state index contributed by atoms with van der Waals surface area (Å²) in [5.74, 6) is 6.36. The van der Waals surface area contributed by atoms with Gasteiger partial charge in [0.2, 0.25) is 0 Å². The maximum Gasteiger partial charge on any atom is 0.189 e. The molecule has 6 heteroatoms. The third kappa shape index (κ3) is 2.01. The van der Waals surface area contributed by atoms with Gasteiger partial charge in [-0.15, -0.1) is 17.5 Å². The molecule has 14 heavy (non-hydrogen) atoms. The number of hydrogen-bond acceptors (Lipinski definition) is 4. The molecule has 0 bridgehead atoms. The second-order valence-electron chi connectivity index (χ2n) is 2.53. The number of benzene rings is 1. The van der Waals surface area contributed by atoms with E-state index in [0.29, 0.717) is 5.82 Å². The van der Waals surface area contributed by atoms with Crippen LogP contribution in [0.1, 0.15) is 0 Å². The van der Waals surface area contributed by atoms with Crippen LogP contribution in [0.3, 0.4) is 0 Å². The highest BCUT2D eigenvalue weighted by molar-refractivity contribution is 5.85.